The number of carbonyl (C=O) groups is 1. The van der Waals surface area contributed by atoms with Crippen LogP contribution in [-0.2, 0) is 4.79 Å². The van der Waals surface area contributed by atoms with Crippen LogP contribution in [-0.4, -0.2) is 30.7 Å². The van der Waals surface area contributed by atoms with Crippen molar-refractivity contribution in [3.63, 3.8) is 0 Å². The van der Waals surface area contributed by atoms with Gasteiger partial charge in [0.1, 0.15) is 0 Å². The lowest BCUT2D eigenvalue weighted by Crippen LogP contribution is -2.18. The van der Waals surface area contributed by atoms with Crippen LogP contribution in [0.4, 0.5) is 0 Å². The number of hydrogen-bond donors (Lipinski definition) is 1. The Hall–Kier alpha value is -0.440. The monoisotopic (exact) mass is 159 g/mol. The lowest BCUT2D eigenvalue weighted by atomic mass is 10.4. The van der Waals surface area contributed by atoms with Gasteiger partial charge in [0.25, 0.3) is 0 Å². The Morgan fingerprint density at radius 1 is 1.60 bits per heavy atom. The molecule has 0 aliphatic carbocycles. The maximum Gasteiger partial charge on any atom is 0.245 e. The molecule has 0 unspecified atom stereocenters. The standard InChI is InChI=1S/C7H13NOS/c1-8(2)7(9)5-3-4-6-10/h3,5,10H,4,6H2,1-2H3/b5-3+. The van der Waals surface area contributed by atoms with Crippen molar-refractivity contribution < 1.29 is 4.79 Å². The SMILES string of the molecule is CN(C)C(=O)/C=C/CCS. The third-order valence-corrected chi connectivity index (χ3v) is 1.26. The van der Waals surface area contributed by atoms with Gasteiger partial charge in [-0.3, -0.25) is 4.79 Å². The Morgan fingerprint density at radius 3 is 2.60 bits per heavy atom. The molecule has 10 heavy (non-hydrogen) atoms. The second-order valence-corrected chi connectivity index (χ2v) is 2.59. The Bertz CT molecular complexity index is 132. The van der Waals surface area contributed by atoms with E-state index in [0.717, 1.165) is 12.2 Å². The molecule has 0 N–H and O–H groups in total. The maximum atomic E-state index is 10.8. The summed E-state index contributed by atoms with van der Waals surface area (Å²) < 4.78 is 0. The first-order chi connectivity index (χ1) is 4.68. The average molecular weight is 159 g/mol. The molecule has 0 fully saturated rings. The third kappa shape index (κ3) is 4.44. The van der Waals surface area contributed by atoms with Crippen molar-refractivity contribution in [2.45, 2.75) is 6.42 Å². The molecule has 58 valence electrons. The molecule has 0 aliphatic heterocycles. The van der Waals surface area contributed by atoms with Crippen LogP contribution in [0.25, 0.3) is 0 Å². The zero-order chi connectivity index (χ0) is 7.98. The van der Waals surface area contributed by atoms with Gasteiger partial charge in [-0.15, -0.1) is 0 Å². The normalized spacial score (nSPS) is 10.3. The van der Waals surface area contributed by atoms with Gasteiger partial charge in [-0.05, 0) is 18.2 Å². The Labute approximate surface area is 67.3 Å². The molecule has 0 spiro atoms. The first-order valence-corrected chi connectivity index (χ1v) is 3.80. The predicted octanol–water partition coefficient (Wildman–Crippen LogP) is 0.951. The zero-order valence-corrected chi connectivity index (χ0v) is 7.27. The fourth-order valence-corrected chi connectivity index (χ4v) is 0.557. The van der Waals surface area contributed by atoms with Gasteiger partial charge in [-0.2, -0.15) is 12.6 Å². The van der Waals surface area contributed by atoms with Crippen molar-refractivity contribution in [2.24, 2.45) is 0 Å². The number of allylic oxidation sites excluding steroid dienone is 1. The number of hydrogen-bond acceptors (Lipinski definition) is 2. The highest BCUT2D eigenvalue weighted by atomic mass is 32.1. The number of carbonyl (C=O) groups excluding carboxylic acids is 1. The van der Waals surface area contributed by atoms with E-state index in [1.807, 2.05) is 6.08 Å². The van der Waals surface area contributed by atoms with Crippen LogP contribution in [0.1, 0.15) is 6.42 Å². The van der Waals surface area contributed by atoms with Gasteiger partial charge in [-0.1, -0.05) is 6.08 Å². The van der Waals surface area contributed by atoms with E-state index >= 15 is 0 Å². The molecule has 0 aromatic carbocycles. The Balaban J connectivity index is 3.56. The van der Waals surface area contributed by atoms with Crippen LogP contribution >= 0.6 is 12.6 Å². The molecule has 1 amide bonds. The molecule has 0 atom stereocenters. The highest BCUT2D eigenvalue weighted by Gasteiger charge is 1.94. The molecule has 2 nitrogen and oxygen atoms in total. The van der Waals surface area contributed by atoms with Crippen LogP contribution in [0.3, 0.4) is 0 Å². The second kappa shape index (κ2) is 5.35. The second-order valence-electron chi connectivity index (χ2n) is 2.15. The van der Waals surface area contributed by atoms with Crippen LogP contribution < -0.4 is 0 Å². The quantitative estimate of drug-likeness (QED) is 0.480. The van der Waals surface area contributed by atoms with E-state index in [-0.39, 0.29) is 5.91 Å². The topological polar surface area (TPSA) is 20.3 Å². The van der Waals surface area contributed by atoms with E-state index in [9.17, 15) is 4.79 Å². The number of nitrogens with zero attached hydrogens (tertiary/aromatic N) is 1. The fraction of sp³-hybridized carbons (Fsp3) is 0.571. The van der Waals surface area contributed by atoms with Crippen molar-refractivity contribution in [1.82, 2.24) is 4.90 Å². The molecule has 0 aliphatic rings. The largest absolute Gasteiger partial charge is 0.345 e. The smallest absolute Gasteiger partial charge is 0.245 e. The van der Waals surface area contributed by atoms with E-state index in [1.165, 1.54) is 4.90 Å². The molecule has 0 rings (SSSR count). The number of thiol groups is 1. The summed E-state index contributed by atoms with van der Waals surface area (Å²) in [6.45, 7) is 0. The van der Waals surface area contributed by atoms with Crippen molar-refractivity contribution in [3.8, 4) is 0 Å². The van der Waals surface area contributed by atoms with Crippen LogP contribution in [0.15, 0.2) is 12.2 Å². The van der Waals surface area contributed by atoms with E-state index in [4.69, 9.17) is 0 Å². The van der Waals surface area contributed by atoms with E-state index in [2.05, 4.69) is 12.6 Å². The summed E-state index contributed by atoms with van der Waals surface area (Å²) in [6, 6.07) is 0. The van der Waals surface area contributed by atoms with Crippen molar-refractivity contribution in [1.29, 1.82) is 0 Å². The number of rotatable bonds is 3. The summed E-state index contributed by atoms with van der Waals surface area (Å²) in [7, 11) is 3.46. The summed E-state index contributed by atoms with van der Waals surface area (Å²) in [5.41, 5.74) is 0. The zero-order valence-electron chi connectivity index (χ0n) is 6.37. The number of amides is 1. The molecule has 0 aromatic heterocycles. The summed E-state index contributed by atoms with van der Waals surface area (Å²) in [4.78, 5) is 12.4. The van der Waals surface area contributed by atoms with E-state index in [1.54, 1.807) is 20.2 Å². The Morgan fingerprint density at radius 2 is 2.20 bits per heavy atom. The molecule has 0 saturated heterocycles. The third-order valence-electron chi connectivity index (χ3n) is 0.997. The summed E-state index contributed by atoms with van der Waals surface area (Å²) in [5.74, 6) is 0.818. The van der Waals surface area contributed by atoms with Gasteiger partial charge in [0.2, 0.25) is 5.91 Å². The van der Waals surface area contributed by atoms with Gasteiger partial charge < -0.3 is 4.90 Å². The van der Waals surface area contributed by atoms with Gasteiger partial charge in [0.15, 0.2) is 0 Å². The van der Waals surface area contributed by atoms with Crippen molar-refractivity contribution in [2.75, 3.05) is 19.8 Å². The minimum Gasteiger partial charge on any atom is -0.345 e. The molecule has 0 heterocycles. The molecule has 0 saturated carbocycles. The van der Waals surface area contributed by atoms with Crippen LogP contribution in [0, 0.1) is 0 Å². The minimum absolute atomic E-state index is 0.0294. The molecule has 0 radical (unpaired) electrons. The number of likely N-dealkylation sites (N-methyl/N-ethyl adjacent to an activating group) is 1. The predicted molar refractivity (Wildman–Crippen MR) is 46.3 cm³/mol. The highest BCUT2D eigenvalue weighted by molar-refractivity contribution is 7.80. The lowest BCUT2D eigenvalue weighted by molar-refractivity contribution is -0.123. The van der Waals surface area contributed by atoms with Gasteiger partial charge >= 0.3 is 0 Å². The maximum absolute atomic E-state index is 10.8. The fourth-order valence-electron chi connectivity index (χ4n) is 0.408. The lowest BCUT2D eigenvalue weighted by Gasteiger charge is -2.04. The molecule has 0 bridgehead atoms. The van der Waals surface area contributed by atoms with E-state index in [0.29, 0.717) is 0 Å². The molecular weight excluding hydrogens is 146 g/mol. The first-order valence-electron chi connectivity index (χ1n) is 3.17. The average Bonchev–Trinajstić information content (AvgIpc) is 1.88. The van der Waals surface area contributed by atoms with Crippen LogP contribution in [0.5, 0.6) is 0 Å². The summed E-state index contributed by atoms with van der Waals surface area (Å²) >= 11 is 4.00. The van der Waals surface area contributed by atoms with E-state index < -0.39 is 0 Å². The summed E-state index contributed by atoms with van der Waals surface area (Å²) in [5, 5.41) is 0. The highest BCUT2D eigenvalue weighted by Crippen LogP contribution is 1.87. The minimum atomic E-state index is 0.0294. The van der Waals surface area contributed by atoms with Gasteiger partial charge in [-0.25, -0.2) is 0 Å². The van der Waals surface area contributed by atoms with Crippen molar-refractivity contribution >= 4 is 18.5 Å². The molecule has 3 heteroatoms. The van der Waals surface area contributed by atoms with Crippen LogP contribution in [0.2, 0.25) is 0 Å². The summed E-state index contributed by atoms with van der Waals surface area (Å²) in [6.07, 6.45) is 4.24. The first kappa shape index (κ1) is 9.56. The molecular formula is C7H13NOS. The van der Waals surface area contributed by atoms with Crippen molar-refractivity contribution in [3.05, 3.63) is 12.2 Å². The molecule has 0 aromatic rings. The van der Waals surface area contributed by atoms with Gasteiger partial charge in [0.05, 0.1) is 0 Å². The Kier molecular flexibility index (Phi) is 5.12. The van der Waals surface area contributed by atoms with Gasteiger partial charge in [0, 0.05) is 14.1 Å².